The molecule has 0 fully saturated rings. The minimum atomic E-state index is 1.01. The van der Waals surface area contributed by atoms with E-state index in [1.165, 1.54) is 126 Å². The molecule has 0 saturated carbocycles. The summed E-state index contributed by atoms with van der Waals surface area (Å²) in [4.78, 5) is 0. The van der Waals surface area contributed by atoms with Crippen LogP contribution in [0.2, 0.25) is 0 Å². The lowest BCUT2D eigenvalue weighted by molar-refractivity contribution is 0.889. The Morgan fingerprint density at radius 3 is 1.68 bits per heavy atom. The fourth-order valence-electron chi connectivity index (χ4n) is 11.8. The third-order valence-corrected chi connectivity index (χ3v) is 14.6. The maximum atomic E-state index is 2.55. The van der Waals surface area contributed by atoms with Crippen molar-refractivity contribution in [3.05, 3.63) is 229 Å². The molecule has 0 radical (unpaired) electrons. The quantitative estimate of drug-likeness (QED) is 0.153. The molecule has 0 saturated heterocycles. The van der Waals surface area contributed by atoms with Gasteiger partial charge in [0.1, 0.15) is 0 Å². The van der Waals surface area contributed by atoms with E-state index in [1.807, 2.05) is 0 Å². The first-order valence-corrected chi connectivity index (χ1v) is 23.5. The third-order valence-electron chi connectivity index (χ3n) is 14.6. The summed E-state index contributed by atoms with van der Waals surface area (Å²) in [6, 6.07) is 73.1. The standard InChI is InChI=1S/C64H44N2/c1-3-22-47-41(16-1)18-14-28-49(47)43-20-13-21-44(38-43)63-55-36-34-46(66-61-32-11-7-26-52(61)53-27-8-12-33-62(53)66)40-58(55)64(54-29-15-19-42-17-2-4-23-48(42)54)56-37-35-45(39-57(56)63)65-59-30-9-5-24-50(59)51-25-6-10-31-60(51)65/h2-9,11-15,17-30,32-40H,1,10,16,31H2. The van der Waals surface area contributed by atoms with E-state index in [0.29, 0.717) is 0 Å². The van der Waals surface area contributed by atoms with Gasteiger partial charge in [0.2, 0.25) is 0 Å². The summed E-state index contributed by atoms with van der Waals surface area (Å²) >= 11 is 0. The van der Waals surface area contributed by atoms with Crippen LogP contribution in [0.4, 0.5) is 0 Å². The van der Waals surface area contributed by atoms with Gasteiger partial charge in [0.05, 0.1) is 16.6 Å². The van der Waals surface area contributed by atoms with Gasteiger partial charge in [0.25, 0.3) is 0 Å². The van der Waals surface area contributed by atoms with Gasteiger partial charge in [-0.3, -0.25) is 0 Å². The summed E-state index contributed by atoms with van der Waals surface area (Å²) < 4.78 is 5.01. The maximum Gasteiger partial charge on any atom is 0.0541 e. The van der Waals surface area contributed by atoms with Gasteiger partial charge in [-0.05, 0) is 151 Å². The van der Waals surface area contributed by atoms with Crippen molar-refractivity contribution in [2.45, 2.75) is 25.7 Å². The number of nitrogens with zero attached hydrogens (tertiary/aromatic N) is 2. The van der Waals surface area contributed by atoms with E-state index in [2.05, 4.69) is 228 Å². The highest BCUT2D eigenvalue weighted by atomic mass is 15.0. The largest absolute Gasteiger partial charge is 0.313 e. The van der Waals surface area contributed by atoms with Crippen LogP contribution < -0.4 is 0 Å². The van der Waals surface area contributed by atoms with E-state index in [4.69, 9.17) is 0 Å². The Labute approximate surface area is 383 Å². The SMILES string of the molecule is C1=Cc2c(cccc2-c2cccc(-c3c4cc(-n5c6c(c7ccccc75)C=CCC6)ccc4c(-c4cccc5ccccc45)c4cc(-n5c6ccccc6c6ccccc65)ccc34)c2)CC1. The number of para-hydroxylation sites is 3. The van der Waals surface area contributed by atoms with Crippen LogP contribution in [0.1, 0.15) is 35.2 Å². The highest BCUT2D eigenvalue weighted by molar-refractivity contribution is 6.24. The van der Waals surface area contributed by atoms with E-state index in [0.717, 1.165) is 31.4 Å². The van der Waals surface area contributed by atoms with Gasteiger partial charge in [-0.25, -0.2) is 0 Å². The lowest BCUT2D eigenvalue weighted by Gasteiger charge is -2.22. The molecule has 310 valence electrons. The molecule has 0 unspecified atom stereocenters. The van der Waals surface area contributed by atoms with Crippen molar-refractivity contribution in [2.24, 2.45) is 0 Å². The monoisotopic (exact) mass is 840 g/mol. The fraction of sp³-hybridized carbons (Fsp3) is 0.0625. The Bertz CT molecular complexity index is 4000. The second-order valence-electron chi connectivity index (χ2n) is 18.2. The zero-order valence-corrected chi connectivity index (χ0v) is 36.5. The summed E-state index contributed by atoms with van der Waals surface area (Å²) in [5.41, 5.74) is 19.0. The topological polar surface area (TPSA) is 9.86 Å². The van der Waals surface area contributed by atoms with Gasteiger partial charge in [-0.1, -0.05) is 170 Å². The summed E-state index contributed by atoms with van der Waals surface area (Å²) in [6.45, 7) is 0. The van der Waals surface area contributed by atoms with Gasteiger partial charge in [0.15, 0.2) is 0 Å². The Morgan fingerprint density at radius 1 is 0.333 bits per heavy atom. The van der Waals surface area contributed by atoms with Crippen molar-refractivity contribution >= 4 is 77.2 Å². The first-order valence-electron chi connectivity index (χ1n) is 23.5. The van der Waals surface area contributed by atoms with Gasteiger partial charge in [-0.15, -0.1) is 0 Å². The van der Waals surface area contributed by atoms with Crippen molar-refractivity contribution in [1.82, 2.24) is 9.13 Å². The molecule has 0 N–H and O–H groups in total. The molecule has 12 aromatic rings. The van der Waals surface area contributed by atoms with Crippen molar-refractivity contribution in [3.8, 4) is 44.8 Å². The van der Waals surface area contributed by atoms with Gasteiger partial charge in [0, 0.05) is 38.8 Å². The van der Waals surface area contributed by atoms with Crippen LogP contribution in [0.3, 0.4) is 0 Å². The molecule has 14 rings (SSSR count). The number of rotatable bonds is 5. The van der Waals surface area contributed by atoms with Crippen LogP contribution in [-0.2, 0) is 12.8 Å². The smallest absolute Gasteiger partial charge is 0.0541 e. The summed E-state index contributed by atoms with van der Waals surface area (Å²) in [5.74, 6) is 0. The number of hydrogen-bond acceptors (Lipinski definition) is 0. The molecule has 0 aliphatic heterocycles. The summed E-state index contributed by atoms with van der Waals surface area (Å²) in [5, 5.41) is 11.3. The summed E-state index contributed by atoms with van der Waals surface area (Å²) in [6.07, 6.45) is 13.6. The molecule has 0 spiro atoms. The van der Waals surface area contributed by atoms with E-state index in [1.54, 1.807) is 0 Å². The first-order chi connectivity index (χ1) is 32.8. The Morgan fingerprint density at radius 2 is 0.894 bits per heavy atom. The Hall–Kier alpha value is -8.20. The van der Waals surface area contributed by atoms with Crippen LogP contribution >= 0.6 is 0 Å². The number of fused-ring (bicyclic) bond motifs is 10. The van der Waals surface area contributed by atoms with E-state index >= 15 is 0 Å². The predicted molar refractivity (Wildman–Crippen MR) is 281 cm³/mol. The molecule has 66 heavy (non-hydrogen) atoms. The molecule has 2 heteroatoms. The average molecular weight is 841 g/mol. The van der Waals surface area contributed by atoms with E-state index in [9.17, 15) is 0 Å². The molecule has 2 aliphatic carbocycles. The van der Waals surface area contributed by atoms with Crippen molar-refractivity contribution in [2.75, 3.05) is 0 Å². The highest BCUT2D eigenvalue weighted by Crippen LogP contribution is 2.48. The fourth-order valence-corrected chi connectivity index (χ4v) is 11.8. The van der Waals surface area contributed by atoms with Crippen LogP contribution in [0.25, 0.3) is 122 Å². The lowest BCUT2D eigenvalue weighted by atomic mass is 9.83. The number of hydrogen-bond donors (Lipinski definition) is 0. The van der Waals surface area contributed by atoms with Crippen molar-refractivity contribution in [3.63, 3.8) is 0 Å². The van der Waals surface area contributed by atoms with Crippen LogP contribution in [0, 0.1) is 0 Å². The molecule has 0 bridgehead atoms. The van der Waals surface area contributed by atoms with E-state index in [-0.39, 0.29) is 0 Å². The second-order valence-corrected chi connectivity index (χ2v) is 18.2. The zero-order chi connectivity index (χ0) is 43.3. The number of aromatic nitrogens is 2. The first kappa shape index (κ1) is 37.2. The molecule has 10 aromatic carbocycles. The van der Waals surface area contributed by atoms with Gasteiger partial charge < -0.3 is 9.13 Å². The number of benzene rings is 10. The summed E-state index contributed by atoms with van der Waals surface area (Å²) in [7, 11) is 0. The van der Waals surface area contributed by atoms with Crippen LogP contribution in [0.15, 0.2) is 206 Å². The average Bonchev–Trinajstić information content (AvgIpc) is 3.90. The minimum absolute atomic E-state index is 1.01. The predicted octanol–water partition coefficient (Wildman–Crippen LogP) is 17.1. The van der Waals surface area contributed by atoms with E-state index < -0.39 is 0 Å². The Kier molecular flexibility index (Phi) is 8.27. The van der Waals surface area contributed by atoms with Gasteiger partial charge in [-0.2, -0.15) is 0 Å². The lowest BCUT2D eigenvalue weighted by Crippen LogP contribution is -2.03. The second kappa shape index (κ2) is 14.7. The van der Waals surface area contributed by atoms with Crippen molar-refractivity contribution in [1.29, 1.82) is 0 Å². The zero-order valence-electron chi connectivity index (χ0n) is 36.5. The van der Waals surface area contributed by atoms with Crippen LogP contribution in [-0.4, -0.2) is 9.13 Å². The molecule has 2 aliphatic rings. The molecular formula is C64H44N2. The van der Waals surface area contributed by atoms with Crippen LogP contribution in [0.5, 0.6) is 0 Å². The number of aryl methyl sites for hydroxylation is 1. The molecule has 0 amide bonds. The highest BCUT2D eigenvalue weighted by Gasteiger charge is 2.24. The number of allylic oxidation sites excluding steroid dienone is 2. The maximum absolute atomic E-state index is 2.55. The molecule has 2 heterocycles. The molecular weight excluding hydrogens is 797 g/mol. The minimum Gasteiger partial charge on any atom is -0.313 e. The molecule has 2 nitrogen and oxygen atoms in total. The normalized spacial score (nSPS) is 13.4. The van der Waals surface area contributed by atoms with Gasteiger partial charge >= 0.3 is 0 Å². The molecule has 2 aromatic heterocycles. The third kappa shape index (κ3) is 5.55. The Balaban J connectivity index is 1.13. The van der Waals surface area contributed by atoms with Crippen molar-refractivity contribution < 1.29 is 0 Å². The molecule has 0 atom stereocenters.